The molecule has 5 nitrogen and oxygen atoms in total. The Bertz CT molecular complexity index is 673. The topological polar surface area (TPSA) is 66.3 Å². The minimum atomic E-state index is -0.728. The van der Waals surface area contributed by atoms with Crippen LogP contribution in [-0.2, 0) is 4.79 Å². The number of aliphatic carboxylic acids is 1. The summed E-state index contributed by atoms with van der Waals surface area (Å²) in [5.74, 6) is -0.287. The summed E-state index contributed by atoms with van der Waals surface area (Å²) in [5, 5.41) is 18.5. The highest BCUT2D eigenvalue weighted by molar-refractivity contribution is 7.99. The van der Waals surface area contributed by atoms with E-state index in [1.165, 1.54) is 5.56 Å². The van der Waals surface area contributed by atoms with Gasteiger partial charge in [0, 0.05) is 18.0 Å². The molecule has 1 fully saturated rings. The first kappa shape index (κ1) is 15.8. The molecular formula is C17H19N3O2S. The number of hydrogen-bond acceptors (Lipinski definition) is 5. The van der Waals surface area contributed by atoms with Gasteiger partial charge in [0.15, 0.2) is 5.82 Å². The van der Waals surface area contributed by atoms with Crippen LogP contribution in [0.1, 0.15) is 18.4 Å². The molecule has 2 heterocycles. The molecule has 0 amide bonds. The highest BCUT2D eigenvalue weighted by Crippen LogP contribution is 2.27. The predicted octanol–water partition coefficient (Wildman–Crippen LogP) is 3.24. The van der Waals surface area contributed by atoms with Crippen LogP contribution in [0.15, 0.2) is 46.3 Å². The van der Waals surface area contributed by atoms with Crippen molar-refractivity contribution in [1.29, 1.82) is 0 Å². The van der Waals surface area contributed by atoms with Crippen LogP contribution >= 0.6 is 11.8 Å². The molecule has 0 unspecified atom stereocenters. The van der Waals surface area contributed by atoms with E-state index in [0.717, 1.165) is 35.1 Å². The summed E-state index contributed by atoms with van der Waals surface area (Å²) in [4.78, 5) is 14.3. The Balaban J connectivity index is 1.67. The van der Waals surface area contributed by atoms with Gasteiger partial charge in [-0.1, -0.05) is 29.5 Å². The fourth-order valence-corrected chi connectivity index (χ4v) is 3.38. The molecular weight excluding hydrogens is 310 g/mol. The highest BCUT2D eigenvalue weighted by atomic mass is 32.2. The standard InChI is InChI=1S/C17H19N3O2S/c1-12-4-6-14(7-5-12)23-16-9-8-15(18-19-16)20-10-2-3-13(11-20)17(21)22/h4-9,13H,2-3,10-11H2,1H3,(H,21,22)/t13-/m0/s1. The summed E-state index contributed by atoms with van der Waals surface area (Å²) in [6.45, 7) is 3.41. The summed E-state index contributed by atoms with van der Waals surface area (Å²) in [6, 6.07) is 12.1. The molecule has 0 radical (unpaired) electrons. The molecule has 1 saturated heterocycles. The van der Waals surface area contributed by atoms with Crippen molar-refractivity contribution in [2.24, 2.45) is 5.92 Å². The molecule has 0 spiro atoms. The molecule has 0 bridgehead atoms. The van der Waals surface area contributed by atoms with E-state index in [1.807, 2.05) is 17.0 Å². The summed E-state index contributed by atoms with van der Waals surface area (Å²) in [5.41, 5.74) is 1.23. The van der Waals surface area contributed by atoms with E-state index in [9.17, 15) is 4.79 Å². The summed E-state index contributed by atoms with van der Waals surface area (Å²) in [7, 11) is 0. The van der Waals surface area contributed by atoms with Gasteiger partial charge in [0.2, 0.25) is 0 Å². The van der Waals surface area contributed by atoms with Crippen molar-refractivity contribution in [3.05, 3.63) is 42.0 Å². The number of benzene rings is 1. The zero-order valence-corrected chi connectivity index (χ0v) is 13.8. The summed E-state index contributed by atoms with van der Waals surface area (Å²) < 4.78 is 0. The Kier molecular flexibility index (Phi) is 4.81. The summed E-state index contributed by atoms with van der Waals surface area (Å²) >= 11 is 1.57. The van der Waals surface area contributed by atoms with Gasteiger partial charge in [0.1, 0.15) is 5.03 Å². The summed E-state index contributed by atoms with van der Waals surface area (Å²) in [6.07, 6.45) is 1.61. The van der Waals surface area contributed by atoms with E-state index in [4.69, 9.17) is 5.11 Å². The van der Waals surface area contributed by atoms with Gasteiger partial charge in [0.05, 0.1) is 5.92 Å². The average Bonchev–Trinajstić information content (AvgIpc) is 2.58. The van der Waals surface area contributed by atoms with Crippen LogP contribution in [0.3, 0.4) is 0 Å². The third-order valence-electron chi connectivity index (χ3n) is 3.96. The van der Waals surface area contributed by atoms with Gasteiger partial charge in [-0.3, -0.25) is 4.79 Å². The third-order valence-corrected chi connectivity index (χ3v) is 4.90. The number of carboxylic acid groups (broad SMARTS) is 1. The van der Waals surface area contributed by atoms with Gasteiger partial charge >= 0.3 is 5.97 Å². The number of carbonyl (C=O) groups is 1. The van der Waals surface area contributed by atoms with Crippen LogP contribution < -0.4 is 4.90 Å². The molecule has 1 N–H and O–H groups in total. The molecule has 0 aliphatic carbocycles. The Morgan fingerprint density at radius 1 is 1.22 bits per heavy atom. The van der Waals surface area contributed by atoms with Crippen molar-refractivity contribution in [1.82, 2.24) is 10.2 Å². The van der Waals surface area contributed by atoms with Crippen molar-refractivity contribution < 1.29 is 9.90 Å². The Hall–Kier alpha value is -2.08. The van der Waals surface area contributed by atoms with Crippen LogP contribution in [0.4, 0.5) is 5.82 Å². The molecule has 120 valence electrons. The van der Waals surface area contributed by atoms with Crippen LogP contribution in [0, 0.1) is 12.8 Å². The van der Waals surface area contributed by atoms with Crippen LogP contribution in [0.5, 0.6) is 0 Å². The van der Waals surface area contributed by atoms with Crippen molar-refractivity contribution in [3.63, 3.8) is 0 Å². The number of hydrogen-bond donors (Lipinski definition) is 1. The number of rotatable bonds is 4. The lowest BCUT2D eigenvalue weighted by Gasteiger charge is -2.31. The zero-order chi connectivity index (χ0) is 16.2. The monoisotopic (exact) mass is 329 g/mol. The molecule has 1 aromatic heterocycles. The Labute approximate surface area is 139 Å². The fourth-order valence-electron chi connectivity index (χ4n) is 2.65. The van der Waals surface area contributed by atoms with E-state index in [-0.39, 0.29) is 5.92 Å². The van der Waals surface area contributed by atoms with Gasteiger partial charge in [-0.15, -0.1) is 10.2 Å². The Morgan fingerprint density at radius 3 is 2.65 bits per heavy atom. The normalized spacial score (nSPS) is 18.0. The van der Waals surface area contributed by atoms with E-state index in [1.54, 1.807) is 11.8 Å². The van der Waals surface area contributed by atoms with Gasteiger partial charge in [0.25, 0.3) is 0 Å². The highest BCUT2D eigenvalue weighted by Gasteiger charge is 2.26. The van der Waals surface area contributed by atoms with Crippen molar-refractivity contribution >= 4 is 23.5 Å². The largest absolute Gasteiger partial charge is 0.481 e. The van der Waals surface area contributed by atoms with Crippen molar-refractivity contribution in [2.45, 2.75) is 29.7 Å². The SMILES string of the molecule is Cc1ccc(Sc2ccc(N3CCC[C@H](C(=O)O)C3)nn2)cc1. The molecule has 1 aliphatic rings. The lowest BCUT2D eigenvalue weighted by Crippen LogP contribution is -2.39. The number of anilines is 1. The van der Waals surface area contributed by atoms with Crippen LogP contribution in [-0.4, -0.2) is 34.4 Å². The van der Waals surface area contributed by atoms with Gasteiger partial charge in [-0.25, -0.2) is 0 Å². The minimum Gasteiger partial charge on any atom is -0.481 e. The van der Waals surface area contributed by atoms with E-state index in [2.05, 4.69) is 41.4 Å². The number of aryl methyl sites for hydroxylation is 1. The number of aromatic nitrogens is 2. The fraction of sp³-hybridized carbons (Fsp3) is 0.353. The quantitative estimate of drug-likeness (QED) is 0.929. The van der Waals surface area contributed by atoms with Crippen molar-refractivity contribution in [2.75, 3.05) is 18.0 Å². The van der Waals surface area contributed by atoms with Gasteiger partial charge in [-0.05, 0) is 44.0 Å². The minimum absolute atomic E-state index is 0.313. The zero-order valence-electron chi connectivity index (χ0n) is 13.0. The molecule has 1 aliphatic heterocycles. The molecule has 6 heteroatoms. The first-order valence-electron chi connectivity index (χ1n) is 7.68. The maximum Gasteiger partial charge on any atom is 0.308 e. The second-order valence-electron chi connectivity index (χ2n) is 5.77. The lowest BCUT2D eigenvalue weighted by molar-refractivity contribution is -0.141. The maximum absolute atomic E-state index is 11.1. The lowest BCUT2D eigenvalue weighted by atomic mass is 9.98. The van der Waals surface area contributed by atoms with E-state index >= 15 is 0 Å². The molecule has 1 aromatic carbocycles. The second-order valence-corrected chi connectivity index (χ2v) is 6.86. The first-order valence-corrected chi connectivity index (χ1v) is 8.49. The third kappa shape index (κ3) is 4.01. The number of nitrogens with zero attached hydrogens (tertiary/aromatic N) is 3. The predicted molar refractivity (Wildman–Crippen MR) is 89.9 cm³/mol. The van der Waals surface area contributed by atoms with Gasteiger partial charge in [-0.2, -0.15) is 0 Å². The smallest absolute Gasteiger partial charge is 0.308 e. The molecule has 3 rings (SSSR count). The van der Waals surface area contributed by atoms with E-state index < -0.39 is 5.97 Å². The average molecular weight is 329 g/mol. The van der Waals surface area contributed by atoms with Crippen LogP contribution in [0.25, 0.3) is 0 Å². The first-order chi connectivity index (χ1) is 11.1. The molecule has 0 saturated carbocycles. The molecule has 23 heavy (non-hydrogen) atoms. The molecule has 2 aromatic rings. The van der Waals surface area contributed by atoms with Gasteiger partial charge < -0.3 is 10.0 Å². The Morgan fingerprint density at radius 2 is 2.00 bits per heavy atom. The second kappa shape index (κ2) is 7.00. The number of piperidine rings is 1. The molecule has 1 atom stereocenters. The van der Waals surface area contributed by atoms with Crippen LogP contribution in [0.2, 0.25) is 0 Å². The van der Waals surface area contributed by atoms with Crippen molar-refractivity contribution in [3.8, 4) is 0 Å². The number of carboxylic acids is 1. The maximum atomic E-state index is 11.1. The van der Waals surface area contributed by atoms with E-state index in [0.29, 0.717) is 6.54 Å².